The van der Waals surface area contributed by atoms with Crippen LogP contribution in [0.25, 0.3) is 0 Å². The minimum absolute atomic E-state index is 0. The van der Waals surface area contributed by atoms with Crippen LogP contribution >= 0.6 is 0 Å². The van der Waals surface area contributed by atoms with Crippen molar-refractivity contribution in [3.05, 3.63) is 0 Å². The van der Waals surface area contributed by atoms with Crippen molar-refractivity contribution in [1.29, 1.82) is 0 Å². The number of likely N-dealkylation sites (tertiary alicyclic amines) is 5. The third-order valence-electron chi connectivity index (χ3n) is 23.4. The number of amides is 2. The van der Waals surface area contributed by atoms with E-state index < -0.39 is 20.0 Å². The van der Waals surface area contributed by atoms with E-state index in [4.69, 9.17) is 0 Å². The molecule has 0 aromatic rings. The fourth-order valence-corrected chi connectivity index (χ4v) is 18.0. The highest BCUT2D eigenvalue weighted by Gasteiger charge is 2.34. The summed E-state index contributed by atoms with van der Waals surface area (Å²) in [5.41, 5.74) is 2.75. The molecule has 10 aliphatic rings. The molecule has 2 amide bonds. The van der Waals surface area contributed by atoms with Crippen molar-refractivity contribution in [3.63, 3.8) is 0 Å². The van der Waals surface area contributed by atoms with Gasteiger partial charge in [0.05, 0.1) is 12.0 Å². The molecule has 10 fully saturated rings. The number of carbonyl (C=O) groups excluding carboxylic acids is 2. The Morgan fingerprint density at radius 3 is 0.814 bits per heavy atom. The van der Waals surface area contributed by atoms with Gasteiger partial charge >= 0.3 is 0 Å². The summed E-state index contributed by atoms with van der Waals surface area (Å²) in [6, 6.07) is 0.132. The molecule has 0 radical (unpaired) electrons. The molecule has 22 heteroatoms. The maximum Gasteiger partial charge on any atom is 0.222 e. The quantitative estimate of drug-likeness (QED) is 0.264. The van der Waals surface area contributed by atoms with E-state index in [0.717, 1.165) is 65.1 Å². The molecule has 20 nitrogen and oxygen atoms in total. The van der Waals surface area contributed by atoms with Crippen LogP contribution in [0.5, 0.6) is 0 Å². The van der Waals surface area contributed by atoms with E-state index in [1.54, 1.807) is 15.5 Å². The first-order valence-electron chi connectivity index (χ1n) is 44.1. The second-order valence-electron chi connectivity index (χ2n) is 42.1. The van der Waals surface area contributed by atoms with E-state index >= 15 is 0 Å². The Kier molecular flexibility index (Phi) is 53.8. The van der Waals surface area contributed by atoms with Gasteiger partial charge in [-0.1, -0.05) is 48.5 Å². The van der Waals surface area contributed by atoms with Crippen molar-refractivity contribution >= 4 is 31.9 Å². The van der Waals surface area contributed by atoms with Crippen LogP contribution in [0.15, 0.2) is 0 Å². The van der Waals surface area contributed by atoms with Gasteiger partial charge in [0.2, 0.25) is 31.9 Å². The summed E-state index contributed by atoms with van der Waals surface area (Å²) in [5, 5.41) is 0. The summed E-state index contributed by atoms with van der Waals surface area (Å²) in [4.78, 5) is 51.4. The molecule has 113 heavy (non-hydrogen) atoms. The van der Waals surface area contributed by atoms with Crippen molar-refractivity contribution in [2.24, 2.45) is 0 Å². The minimum Gasteiger partial charge on any atom is -0.340 e. The van der Waals surface area contributed by atoms with Crippen molar-refractivity contribution in [1.82, 2.24) is 67.4 Å². The average molecular weight is 1650 g/mol. The largest absolute Gasteiger partial charge is 0.340 e. The van der Waals surface area contributed by atoms with Gasteiger partial charge in [0.15, 0.2) is 0 Å². The van der Waals surface area contributed by atoms with Crippen LogP contribution in [-0.2, 0) is 29.6 Å². The Morgan fingerprint density at radius 2 is 0.611 bits per heavy atom. The van der Waals surface area contributed by atoms with Crippen LogP contribution in [0.3, 0.4) is 0 Å². The predicted molar refractivity (Wildman–Crippen MR) is 495 cm³/mol. The molecule has 10 rings (SSSR count). The van der Waals surface area contributed by atoms with Crippen molar-refractivity contribution < 1.29 is 26.4 Å². The van der Waals surface area contributed by atoms with E-state index in [9.17, 15) is 26.4 Å². The number of hydrogen-bond acceptors (Lipinski definition) is 16. The molecular formula is C91H198N14O6S2. The normalized spacial score (nSPS) is 22.2. The average Bonchev–Trinajstić information content (AvgIpc) is 1.82. The molecule has 0 aromatic carbocycles. The SMILES string of the molecule is C.C.C.CC(=O)N1CCN(C(C)(C)C)CC1.CC(C)(C)N1CCCC1.CC(C)(C)N1CCCCC1.CC(C)(C)N1CCCCC1.CC(C)(C)N1CCCCC1.CC(C)(C)N1CCCCC1=O.CC(C)(C)N1CCN(S(C)(=O)=O)CC1.CC(C)N1CCCS1(=O)=O.CCN1CCN(C(C)(C)C)CC1.CN1CCN(C(C)(C)C)CC1. The first-order chi connectivity index (χ1) is 50.1. The summed E-state index contributed by atoms with van der Waals surface area (Å²) in [6.45, 7) is 98.3. The molecule has 0 bridgehead atoms. The lowest BCUT2D eigenvalue weighted by atomic mass is 10.0. The fourth-order valence-electron chi connectivity index (χ4n) is 15.4. The number of piperidine rings is 4. The predicted octanol–water partition coefficient (Wildman–Crippen LogP) is 16.6. The van der Waals surface area contributed by atoms with Gasteiger partial charge in [0.25, 0.3) is 0 Å². The van der Waals surface area contributed by atoms with Gasteiger partial charge < -0.3 is 19.6 Å². The smallest absolute Gasteiger partial charge is 0.222 e. The molecule has 0 saturated carbocycles. The summed E-state index contributed by atoms with van der Waals surface area (Å²) < 4.78 is 47.9. The van der Waals surface area contributed by atoms with Crippen LogP contribution in [0.4, 0.5) is 0 Å². The monoisotopic (exact) mass is 1650 g/mol. The number of likely N-dealkylation sites (N-methyl/N-ethyl adjacent to an activating group) is 2. The van der Waals surface area contributed by atoms with E-state index in [2.05, 4.69) is 250 Å². The van der Waals surface area contributed by atoms with Crippen LogP contribution in [0.1, 0.15) is 333 Å². The second-order valence-corrected chi connectivity index (χ2v) is 46.1. The van der Waals surface area contributed by atoms with Gasteiger partial charge in [-0.3, -0.25) is 48.8 Å². The molecule has 0 atom stereocenters. The number of piperazine rings is 4. The Bertz CT molecular complexity index is 2610. The highest BCUT2D eigenvalue weighted by Crippen LogP contribution is 2.26. The standard InChI is InChI=1S/C10H20N2O.C10H22N2.C9H20N2O2S.C9H20N2.C9H17NO.3C9H19N.C8H17N.C6H13NO2S.3CH4/c1-9(13)11-5-7-12(8-6-11)10(2,3)4;1-5-11-6-8-12(9-7-11)10(2,3)4;1-9(2,3)10-5-7-11(8-6-10)14(4,12)13;1-9(2,3)11-7-5-10(4)6-8-11;1-9(2,3)10-7-5-4-6-8(10)11;3*1-9(2,3)10-7-5-4-6-8-10;1-8(2,3)9-6-4-5-7-9;1-6(2)7-4-3-5-10(7,8)9;;;/h5-8H2,1-4H3;5-9H2,1-4H3;5-8H2,1-4H3;5-8H2,1-4H3;4-7H2,1-3H3;3*4-8H2,1-3H3;4-7H2,1-3H3;6H,3-5H2,1-2H3;3*1H4. The molecule has 0 unspecified atom stereocenters. The lowest BCUT2D eigenvalue weighted by Gasteiger charge is -2.42. The van der Waals surface area contributed by atoms with Crippen LogP contribution < -0.4 is 0 Å². The first-order valence-corrected chi connectivity index (χ1v) is 47.5. The highest BCUT2D eigenvalue weighted by molar-refractivity contribution is 7.89. The zero-order chi connectivity index (χ0) is 84.7. The van der Waals surface area contributed by atoms with Gasteiger partial charge in [-0.2, -0.15) is 8.61 Å². The van der Waals surface area contributed by atoms with Crippen LogP contribution in [-0.4, -0.2) is 348 Å². The fraction of sp³-hybridized carbons (Fsp3) is 0.978. The maximum absolute atomic E-state index is 11.4. The summed E-state index contributed by atoms with van der Waals surface area (Å²) in [5.74, 6) is 0.864. The summed E-state index contributed by atoms with van der Waals surface area (Å²) in [7, 11) is -3.65. The zero-order valence-electron chi connectivity index (χ0n) is 79.0. The van der Waals surface area contributed by atoms with Crippen molar-refractivity contribution in [2.45, 2.75) is 389 Å². The summed E-state index contributed by atoms with van der Waals surface area (Å²) in [6.07, 6.45) is 20.6. The van der Waals surface area contributed by atoms with E-state index in [1.165, 1.54) is 195 Å². The Balaban J connectivity index is -0.00000119. The highest BCUT2D eigenvalue weighted by atomic mass is 32.2. The van der Waals surface area contributed by atoms with E-state index in [1.807, 2.05) is 23.6 Å². The van der Waals surface area contributed by atoms with E-state index in [0.29, 0.717) is 64.5 Å². The van der Waals surface area contributed by atoms with Gasteiger partial charge in [-0.15, -0.1) is 0 Å². The van der Waals surface area contributed by atoms with Crippen molar-refractivity contribution in [2.75, 3.05) is 196 Å². The van der Waals surface area contributed by atoms with E-state index in [-0.39, 0.29) is 50.8 Å². The molecule has 0 aromatic heterocycles. The molecular weight excluding hydrogens is 1450 g/mol. The molecule has 0 N–H and O–H groups in total. The lowest BCUT2D eigenvalue weighted by molar-refractivity contribution is -0.138. The van der Waals surface area contributed by atoms with Gasteiger partial charge in [0.1, 0.15) is 0 Å². The lowest BCUT2D eigenvalue weighted by Crippen LogP contribution is -2.54. The topological polar surface area (TPSA) is 148 Å². The number of sulfonamides is 2. The molecule has 10 saturated heterocycles. The Hall–Kier alpha value is -1.64. The molecule has 0 spiro atoms. The Morgan fingerprint density at radius 1 is 0.354 bits per heavy atom. The number of hydrogen-bond donors (Lipinski definition) is 0. The molecule has 10 heterocycles. The summed E-state index contributed by atoms with van der Waals surface area (Å²) >= 11 is 0. The molecule has 10 aliphatic heterocycles. The van der Waals surface area contributed by atoms with Crippen LogP contribution in [0.2, 0.25) is 0 Å². The minimum atomic E-state index is -2.99. The van der Waals surface area contributed by atoms with Gasteiger partial charge in [-0.05, 0) is 337 Å². The van der Waals surface area contributed by atoms with Gasteiger partial charge in [-0.25, -0.2) is 16.8 Å². The molecule has 0 aliphatic carbocycles. The second kappa shape index (κ2) is 52.6. The number of rotatable bonds is 3. The maximum atomic E-state index is 11.4. The number of nitrogens with zero attached hydrogens (tertiary/aromatic N) is 14. The van der Waals surface area contributed by atoms with Gasteiger partial charge in [0, 0.05) is 187 Å². The third kappa shape index (κ3) is 48.6. The third-order valence-corrected chi connectivity index (χ3v) is 26.8. The van der Waals surface area contributed by atoms with Crippen molar-refractivity contribution in [3.8, 4) is 0 Å². The number of carbonyl (C=O) groups is 2. The zero-order valence-corrected chi connectivity index (χ0v) is 80.6. The Labute approximate surface area is 706 Å². The molecule has 680 valence electrons. The first kappa shape index (κ1) is 116. The van der Waals surface area contributed by atoms with Crippen LogP contribution in [0, 0.1) is 0 Å².